The van der Waals surface area contributed by atoms with Crippen LogP contribution >= 0.6 is 12.4 Å². The van der Waals surface area contributed by atoms with Gasteiger partial charge in [-0.05, 0) is 49.8 Å². The number of para-hydroxylation sites is 2. The van der Waals surface area contributed by atoms with E-state index < -0.39 is 11.9 Å². The number of aromatic nitrogens is 2. The van der Waals surface area contributed by atoms with Crippen LogP contribution < -0.4 is 11.5 Å². The Morgan fingerprint density at radius 3 is 1.83 bits per heavy atom. The molecule has 250 valence electrons. The lowest BCUT2D eigenvalue weighted by Gasteiger charge is -2.26. The van der Waals surface area contributed by atoms with E-state index in [9.17, 15) is 19.5 Å². The second-order valence-corrected chi connectivity index (χ2v) is 11.3. The molecule has 11 nitrogen and oxygen atoms in total. The van der Waals surface area contributed by atoms with Crippen LogP contribution in [0.3, 0.4) is 0 Å². The first kappa shape index (κ1) is 36.7. The van der Waals surface area contributed by atoms with Gasteiger partial charge in [0, 0.05) is 70.5 Å². The number of nitrogens with two attached hydrogens (primary N) is 2. The van der Waals surface area contributed by atoms with Gasteiger partial charge in [-0.15, -0.1) is 12.4 Å². The van der Waals surface area contributed by atoms with Gasteiger partial charge in [-0.1, -0.05) is 49.7 Å². The molecule has 0 radical (unpaired) electrons. The number of hydrogen-bond acceptors (Lipinski definition) is 9. The molecular weight excluding hydrogens is 624 g/mol. The zero-order chi connectivity index (χ0) is 33.2. The van der Waals surface area contributed by atoms with E-state index in [4.69, 9.17) is 31.4 Å². The van der Waals surface area contributed by atoms with Gasteiger partial charge in [0.25, 0.3) is 0 Å². The summed E-state index contributed by atoms with van der Waals surface area (Å²) in [5.41, 5.74) is 20.2. The fraction of sp³-hybridized carbons (Fsp3) is 0.343. The van der Waals surface area contributed by atoms with Crippen LogP contribution in [0, 0.1) is 0 Å². The van der Waals surface area contributed by atoms with Gasteiger partial charge in [0.1, 0.15) is 6.10 Å². The van der Waals surface area contributed by atoms with E-state index in [1.54, 1.807) is 0 Å². The smallest absolute Gasteiger partial charge is 0.328 e. The molecule has 2 atom stereocenters. The van der Waals surface area contributed by atoms with E-state index in [2.05, 4.69) is 11.9 Å². The van der Waals surface area contributed by atoms with Crippen molar-refractivity contribution in [2.24, 2.45) is 0 Å². The third-order valence-corrected chi connectivity index (χ3v) is 7.94. The molecule has 0 aliphatic heterocycles. The highest BCUT2D eigenvalue weighted by atomic mass is 35.5. The summed E-state index contributed by atoms with van der Waals surface area (Å²) in [5, 5.41) is 27.3. The van der Waals surface area contributed by atoms with Crippen molar-refractivity contribution in [2.45, 2.75) is 76.9 Å². The number of rotatable bonds is 6. The van der Waals surface area contributed by atoms with Gasteiger partial charge in [0.2, 0.25) is 0 Å². The molecule has 0 amide bonds. The van der Waals surface area contributed by atoms with E-state index in [1.165, 1.54) is 0 Å². The number of carbonyl (C=O) groups is 3. The van der Waals surface area contributed by atoms with Gasteiger partial charge in [-0.25, -0.2) is 9.59 Å². The number of hydrogen-bond donors (Lipinski definition) is 5. The van der Waals surface area contributed by atoms with Crippen LogP contribution in [0.25, 0.3) is 21.8 Å². The molecule has 6 rings (SSSR count). The van der Waals surface area contributed by atoms with Crippen LogP contribution in [0.2, 0.25) is 0 Å². The first-order chi connectivity index (χ1) is 22.1. The first-order valence-corrected chi connectivity index (χ1v) is 15.4. The third-order valence-electron chi connectivity index (χ3n) is 7.94. The number of ether oxygens (including phenoxy) is 1. The molecule has 47 heavy (non-hydrogen) atoms. The van der Waals surface area contributed by atoms with Crippen molar-refractivity contribution in [2.75, 3.05) is 11.5 Å². The number of fused-ring (bicyclic) bond motifs is 4. The lowest BCUT2D eigenvalue weighted by molar-refractivity contribution is -0.149. The lowest BCUT2D eigenvalue weighted by Crippen LogP contribution is -2.27. The fourth-order valence-corrected chi connectivity index (χ4v) is 5.61. The number of benzene rings is 2. The summed E-state index contributed by atoms with van der Waals surface area (Å²) in [6.45, 7) is 2.07. The predicted molar refractivity (Wildman–Crippen MR) is 183 cm³/mol. The number of aliphatic hydroxyl groups excluding tert-OH is 1. The average Bonchev–Trinajstić information content (AvgIpc) is 3.04. The Morgan fingerprint density at radius 2 is 1.32 bits per heavy atom. The number of halogens is 1. The van der Waals surface area contributed by atoms with Gasteiger partial charge >= 0.3 is 17.9 Å². The zero-order valence-electron chi connectivity index (χ0n) is 26.2. The summed E-state index contributed by atoms with van der Waals surface area (Å²) >= 11 is 0. The molecular formula is C35H41ClN4O7. The molecule has 2 aromatic carbocycles. The number of carboxylic acids is 2. The number of aryl methyl sites for hydroxylation is 2. The first-order valence-electron chi connectivity index (χ1n) is 15.4. The highest BCUT2D eigenvalue weighted by molar-refractivity contribution is 5.93. The summed E-state index contributed by atoms with van der Waals surface area (Å²) in [5.74, 6) is -2.61. The maximum Gasteiger partial charge on any atom is 0.328 e. The highest BCUT2D eigenvalue weighted by Crippen LogP contribution is 2.33. The van der Waals surface area contributed by atoms with Gasteiger partial charge < -0.3 is 31.5 Å². The fourth-order valence-electron chi connectivity index (χ4n) is 5.61. The van der Waals surface area contributed by atoms with Crippen molar-refractivity contribution < 1.29 is 34.4 Å². The normalized spacial score (nSPS) is 16.4. The van der Waals surface area contributed by atoms with Crippen LogP contribution in [0.1, 0.15) is 61.5 Å². The minimum absolute atomic E-state index is 0. The highest BCUT2D eigenvalue weighted by Gasteiger charge is 2.25. The van der Waals surface area contributed by atoms with Gasteiger partial charge in [-0.2, -0.15) is 0 Å². The second kappa shape index (κ2) is 17.3. The Labute approximate surface area is 279 Å². The number of carbonyl (C=O) groups excluding carboxylic acids is 1. The quantitative estimate of drug-likeness (QED) is 0.134. The monoisotopic (exact) mass is 664 g/mol. The van der Waals surface area contributed by atoms with Gasteiger partial charge in [0.05, 0.1) is 17.1 Å². The standard InChI is InChI=1S/C18H22N2O2.C13H14N2O.C4H4O4.ClH/c1-2-3-8-17(21)22-12-9-10-16-14(11-12)18(19)13-6-4-5-7-15(13)20-16;14-13-9-3-1-2-4-11(9)15-12-6-5-8(16)7-10(12)13;5-3(6)1-2-4(7)8;/h4-7,12H,2-3,8-11H2,1H3,(H2,19,20);1-4,8,16H,5-7H2,(H2,14,15);1-2H,(H,5,6)(H,7,8);1H/b;;2-1+;. The molecule has 12 heteroatoms. The number of anilines is 2. The molecule has 0 spiro atoms. The van der Waals surface area contributed by atoms with Crippen molar-refractivity contribution >= 4 is 63.5 Å². The largest absolute Gasteiger partial charge is 0.478 e. The molecule has 0 saturated heterocycles. The Morgan fingerprint density at radius 1 is 0.830 bits per heavy atom. The van der Waals surface area contributed by atoms with Crippen molar-refractivity contribution in [1.82, 2.24) is 9.97 Å². The number of nitrogens with zero attached hydrogens (tertiary/aromatic N) is 2. The van der Waals surface area contributed by atoms with Crippen LogP contribution in [0.4, 0.5) is 11.4 Å². The van der Waals surface area contributed by atoms with Crippen molar-refractivity contribution in [3.05, 3.63) is 83.2 Å². The third kappa shape index (κ3) is 9.87. The number of nitrogen functional groups attached to an aromatic ring is 2. The molecule has 0 saturated carbocycles. The zero-order valence-corrected chi connectivity index (χ0v) is 27.0. The summed E-state index contributed by atoms with van der Waals surface area (Å²) in [7, 11) is 0. The molecule has 2 aliphatic rings. The van der Waals surface area contributed by atoms with Crippen LogP contribution in [0.5, 0.6) is 0 Å². The molecule has 0 fully saturated rings. The Bertz CT molecular complexity index is 1750. The van der Waals surface area contributed by atoms with Crippen LogP contribution in [-0.4, -0.2) is 55.4 Å². The van der Waals surface area contributed by atoms with Crippen LogP contribution in [-0.2, 0) is 44.8 Å². The van der Waals surface area contributed by atoms with E-state index >= 15 is 0 Å². The van der Waals surface area contributed by atoms with E-state index in [0.717, 1.165) is 94.2 Å². The Hall–Kier alpha value is -4.74. The molecule has 2 aromatic heterocycles. The van der Waals surface area contributed by atoms with Gasteiger partial charge in [0.15, 0.2) is 0 Å². The molecule has 2 heterocycles. The number of carboxylic acid groups (broad SMARTS) is 2. The maximum absolute atomic E-state index is 11.8. The SMILES string of the molecule is CCCCC(=O)OC1CCc2nc3ccccc3c(N)c2C1.Cl.Nc1c2c(nc3ccccc13)CCC(O)C2.O=C(O)/C=C/C(=O)O. The summed E-state index contributed by atoms with van der Waals surface area (Å²) in [4.78, 5) is 40.3. The van der Waals surface area contributed by atoms with Crippen molar-refractivity contribution in [1.29, 1.82) is 0 Å². The molecule has 2 aliphatic carbocycles. The lowest BCUT2D eigenvalue weighted by atomic mass is 9.91. The predicted octanol–water partition coefficient (Wildman–Crippen LogP) is 5.21. The average molecular weight is 665 g/mol. The number of aliphatic carboxylic acids is 2. The molecule has 0 bridgehead atoms. The van der Waals surface area contributed by atoms with E-state index in [1.807, 2.05) is 48.5 Å². The van der Waals surface area contributed by atoms with E-state index in [-0.39, 0.29) is 30.6 Å². The summed E-state index contributed by atoms with van der Waals surface area (Å²) in [6.07, 6.45) is 7.75. The van der Waals surface area contributed by atoms with Crippen LogP contribution in [0.15, 0.2) is 60.7 Å². The number of unbranched alkanes of at least 4 members (excludes halogenated alkanes) is 1. The van der Waals surface area contributed by atoms with Crippen molar-refractivity contribution in [3.8, 4) is 0 Å². The molecule has 2 unspecified atom stereocenters. The molecule has 4 aromatic rings. The number of aliphatic hydroxyl groups is 1. The second-order valence-electron chi connectivity index (χ2n) is 11.3. The minimum Gasteiger partial charge on any atom is -0.478 e. The Balaban J connectivity index is 0.000000211. The Kier molecular flexibility index (Phi) is 13.5. The number of esters is 1. The van der Waals surface area contributed by atoms with Gasteiger partial charge in [-0.3, -0.25) is 14.8 Å². The molecule has 7 N–H and O–H groups in total. The minimum atomic E-state index is -1.26. The number of pyridine rings is 2. The summed E-state index contributed by atoms with van der Waals surface area (Å²) in [6, 6.07) is 15.8. The topological polar surface area (TPSA) is 199 Å². The summed E-state index contributed by atoms with van der Waals surface area (Å²) < 4.78 is 5.60. The van der Waals surface area contributed by atoms with Crippen molar-refractivity contribution in [3.63, 3.8) is 0 Å². The van der Waals surface area contributed by atoms with E-state index in [0.29, 0.717) is 31.4 Å². The maximum atomic E-state index is 11.8.